The number of carboxylic acids is 1. The lowest BCUT2D eigenvalue weighted by Gasteiger charge is -2.18. The molecule has 6 nitrogen and oxygen atoms in total. The minimum Gasteiger partial charge on any atom is -0.481 e. The van der Waals surface area contributed by atoms with Crippen molar-refractivity contribution in [2.45, 2.75) is 19.3 Å². The summed E-state index contributed by atoms with van der Waals surface area (Å²) in [7, 11) is 3.00. The Balaban J connectivity index is 1.81. The Morgan fingerprint density at radius 3 is 2.72 bits per heavy atom. The fourth-order valence-electron chi connectivity index (χ4n) is 2.32. The lowest BCUT2D eigenvalue weighted by molar-refractivity contribution is -0.136. The van der Waals surface area contributed by atoms with Crippen molar-refractivity contribution in [3.05, 3.63) is 28.8 Å². The van der Waals surface area contributed by atoms with Crippen LogP contribution in [-0.2, 0) is 9.59 Å². The first kappa shape index (κ1) is 19.9. The van der Waals surface area contributed by atoms with Crippen LogP contribution < -0.4 is 10.2 Å². The van der Waals surface area contributed by atoms with Gasteiger partial charge in [0.25, 0.3) is 5.91 Å². The number of halogens is 1. The molecule has 2 amide bonds. The van der Waals surface area contributed by atoms with E-state index in [2.05, 4.69) is 5.32 Å². The number of aliphatic carboxylic acids is 1. The zero-order valence-corrected chi connectivity index (χ0v) is 15.9. The van der Waals surface area contributed by atoms with Crippen molar-refractivity contribution in [2.75, 3.05) is 29.5 Å². The third kappa shape index (κ3) is 6.13. The minimum absolute atomic E-state index is 0.0224. The molecule has 9 heteroatoms. The summed E-state index contributed by atoms with van der Waals surface area (Å²) in [5.41, 5.74) is 1.04. The maximum absolute atomic E-state index is 12.2. The lowest BCUT2D eigenvalue weighted by atomic mass is 10.1. The molecule has 1 aliphatic heterocycles. The number of nitrogens with zero attached hydrogens (tertiary/aromatic N) is 1. The van der Waals surface area contributed by atoms with Gasteiger partial charge in [-0.25, -0.2) is 0 Å². The first-order valence-corrected chi connectivity index (χ1v) is 10.7. The summed E-state index contributed by atoms with van der Waals surface area (Å²) in [6, 6.07) is 4.92. The summed E-state index contributed by atoms with van der Waals surface area (Å²) < 4.78 is 0. The second-order valence-electron chi connectivity index (χ2n) is 5.36. The molecule has 0 atom stereocenters. The highest BCUT2D eigenvalue weighted by Crippen LogP contribution is 2.30. The van der Waals surface area contributed by atoms with Gasteiger partial charge in [-0.2, -0.15) is 0 Å². The summed E-state index contributed by atoms with van der Waals surface area (Å²) in [6.45, 7) is 1.10. The van der Waals surface area contributed by atoms with Crippen LogP contribution in [0.15, 0.2) is 18.2 Å². The summed E-state index contributed by atoms with van der Waals surface area (Å²) in [5, 5.41) is 11.8. The molecule has 1 fully saturated rings. The fraction of sp³-hybridized carbons (Fsp3) is 0.438. The van der Waals surface area contributed by atoms with E-state index in [1.807, 2.05) is 0 Å². The van der Waals surface area contributed by atoms with Crippen molar-refractivity contribution >= 4 is 56.7 Å². The zero-order valence-electron chi connectivity index (χ0n) is 13.5. The molecule has 1 saturated heterocycles. The maximum Gasteiger partial charge on any atom is 0.304 e. The summed E-state index contributed by atoms with van der Waals surface area (Å²) >= 11 is 6.17. The fourth-order valence-corrected chi connectivity index (χ4v) is 4.42. The first-order chi connectivity index (χ1) is 12.0. The SMILES string of the molecule is O=C(O)CCSSCCNC(=O)c1ccc(Cl)c(N2CCCC2=O)c1. The molecule has 2 rings (SSSR count). The Bertz CT molecular complexity index is 657. The van der Waals surface area contributed by atoms with E-state index >= 15 is 0 Å². The van der Waals surface area contributed by atoms with Crippen LogP contribution >= 0.6 is 33.2 Å². The van der Waals surface area contributed by atoms with Gasteiger partial charge >= 0.3 is 5.97 Å². The number of rotatable bonds is 9. The third-order valence-electron chi connectivity index (χ3n) is 3.53. The number of anilines is 1. The lowest BCUT2D eigenvalue weighted by Crippen LogP contribution is -2.27. The second kappa shape index (κ2) is 9.94. The zero-order chi connectivity index (χ0) is 18.2. The average Bonchev–Trinajstić information content (AvgIpc) is 2.99. The van der Waals surface area contributed by atoms with Gasteiger partial charge in [-0.05, 0) is 24.6 Å². The maximum atomic E-state index is 12.2. The molecular weight excluding hydrogens is 384 g/mol. The summed E-state index contributed by atoms with van der Waals surface area (Å²) in [4.78, 5) is 36.1. The van der Waals surface area contributed by atoms with Gasteiger partial charge in [0.1, 0.15) is 0 Å². The van der Waals surface area contributed by atoms with Crippen LogP contribution in [0.2, 0.25) is 5.02 Å². The number of hydrogen-bond acceptors (Lipinski definition) is 5. The number of amides is 2. The van der Waals surface area contributed by atoms with Crippen LogP contribution in [0.3, 0.4) is 0 Å². The average molecular weight is 403 g/mol. The number of carbonyl (C=O) groups is 3. The highest BCUT2D eigenvalue weighted by atomic mass is 35.5. The molecule has 0 aliphatic carbocycles. The van der Waals surface area contributed by atoms with Crippen LogP contribution in [0.25, 0.3) is 0 Å². The molecule has 0 spiro atoms. The molecule has 1 heterocycles. The smallest absolute Gasteiger partial charge is 0.304 e. The normalized spacial score (nSPS) is 14.0. The van der Waals surface area contributed by atoms with Crippen molar-refractivity contribution in [3.8, 4) is 0 Å². The van der Waals surface area contributed by atoms with Gasteiger partial charge in [0, 0.05) is 36.6 Å². The van der Waals surface area contributed by atoms with E-state index in [4.69, 9.17) is 16.7 Å². The van der Waals surface area contributed by atoms with E-state index < -0.39 is 5.97 Å². The molecule has 0 unspecified atom stereocenters. The second-order valence-corrected chi connectivity index (χ2v) is 8.47. The quantitative estimate of drug-likeness (QED) is 0.487. The topological polar surface area (TPSA) is 86.7 Å². The molecule has 2 N–H and O–H groups in total. The molecule has 25 heavy (non-hydrogen) atoms. The van der Waals surface area contributed by atoms with Crippen LogP contribution in [0.1, 0.15) is 29.6 Å². The molecule has 0 aromatic heterocycles. The standard InChI is InChI=1S/C16H19ClN2O4S2/c17-12-4-3-11(10-13(12)19-7-1-2-14(19)20)16(23)18-6-9-25-24-8-5-15(21)22/h3-4,10H,1-2,5-9H2,(H,18,23)(H,21,22). The molecule has 0 saturated carbocycles. The number of carboxylic acid groups (broad SMARTS) is 1. The molecule has 1 aliphatic rings. The van der Waals surface area contributed by atoms with Crippen LogP contribution in [0.5, 0.6) is 0 Å². The predicted molar refractivity (Wildman–Crippen MR) is 103 cm³/mol. The van der Waals surface area contributed by atoms with E-state index in [1.165, 1.54) is 21.6 Å². The van der Waals surface area contributed by atoms with Crippen molar-refractivity contribution in [1.29, 1.82) is 0 Å². The van der Waals surface area contributed by atoms with Gasteiger partial charge in [0.05, 0.1) is 17.1 Å². The highest BCUT2D eigenvalue weighted by molar-refractivity contribution is 8.76. The number of benzene rings is 1. The Morgan fingerprint density at radius 1 is 1.28 bits per heavy atom. The Hall–Kier alpha value is -1.38. The van der Waals surface area contributed by atoms with Crippen LogP contribution in [0.4, 0.5) is 5.69 Å². The summed E-state index contributed by atoms with van der Waals surface area (Å²) in [6.07, 6.45) is 1.43. The van der Waals surface area contributed by atoms with E-state index in [0.717, 1.165) is 6.42 Å². The number of nitrogens with one attached hydrogen (secondary N) is 1. The predicted octanol–water partition coefficient (Wildman–Crippen LogP) is 3.05. The van der Waals surface area contributed by atoms with Gasteiger partial charge in [-0.15, -0.1) is 0 Å². The Morgan fingerprint density at radius 2 is 2.04 bits per heavy atom. The first-order valence-electron chi connectivity index (χ1n) is 7.83. The molecular formula is C16H19ClN2O4S2. The van der Waals surface area contributed by atoms with Gasteiger partial charge in [-0.3, -0.25) is 14.4 Å². The van der Waals surface area contributed by atoms with Crippen molar-refractivity contribution in [3.63, 3.8) is 0 Å². The van der Waals surface area contributed by atoms with Crippen molar-refractivity contribution in [2.24, 2.45) is 0 Å². The molecule has 0 radical (unpaired) electrons. The van der Waals surface area contributed by atoms with E-state index in [1.54, 1.807) is 23.1 Å². The van der Waals surface area contributed by atoms with Crippen LogP contribution in [0, 0.1) is 0 Å². The Kier molecular flexibility index (Phi) is 7.92. The van der Waals surface area contributed by atoms with Gasteiger partial charge in [0.2, 0.25) is 5.91 Å². The molecule has 136 valence electrons. The van der Waals surface area contributed by atoms with Crippen LogP contribution in [-0.4, -0.2) is 47.5 Å². The van der Waals surface area contributed by atoms with E-state index in [-0.39, 0.29) is 18.2 Å². The minimum atomic E-state index is -0.809. The molecule has 0 bridgehead atoms. The van der Waals surface area contributed by atoms with Gasteiger partial charge < -0.3 is 15.3 Å². The summed E-state index contributed by atoms with van der Waals surface area (Å²) in [5.74, 6) is 0.214. The van der Waals surface area contributed by atoms with Crippen molar-refractivity contribution in [1.82, 2.24) is 5.32 Å². The van der Waals surface area contributed by atoms with Crippen molar-refractivity contribution < 1.29 is 19.5 Å². The number of hydrogen-bond donors (Lipinski definition) is 2. The largest absolute Gasteiger partial charge is 0.481 e. The van der Waals surface area contributed by atoms with Gasteiger partial charge in [0.15, 0.2) is 0 Å². The molecule has 1 aromatic rings. The third-order valence-corrected chi connectivity index (χ3v) is 6.25. The van der Waals surface area contributed by atoms with E-state index in [0.29, 0.717) is 47.3 Å². The van der Waals surface area contributed by atoms with Gasteiger partial charge in [-0.1, -0.05) is 33.2 Å². The number of carbonyl (C=O) groups excluding carboxylic acids is 2. The monoisotopic (exact) mass is 402 g/mol. The highest BCUT2D eigenvalue weighted by Gasteiger charge is 2.24. The van der Waals surface area contributed by atoms with E-state index in [9.17, 15) is 14.4 Å². The molecule has 1 aromatic carbocycles. The Labute approximate surface area is 159 Å².